The fourth-order valence-corrected chi connectivity index (χ4v) is 7.99. The highest BCUT2D eigenvalue weighted by Gasteiger charge is 2.62. The minimum atomic E-state index is -5.50. The van der Waals surface area contributed by atoms with E-state index in [1.54, 1.807) is 0 Å². The largest absolute Gasteiger partial charge is 0.464 e. The summed E-state index contributed by atoms with van der Waals surface area (Å²) in [5.41, 5.74) is 0. The van der Waals surface area contributed by atoms with Crippen LogP contribution in [0.4, 0.5) is 0 Å². The fourth-order valence-electron chi connectivity index (χ4n) is 5.58. The van der Waals surface area contributed by atoms with Crippen molar-refractivity contribution in [2.75, 3.05) is 6.61 Å². The van der Waals surface area contributed by atoms with Crippen LogP contribution in [0.5, 0.6) is 0 Å². The van der Waals surface area contributed by atoms with E-state index in [4.69, 9.17) is 4.74 Å². The van der Waals surface area contributed by atoms with Crippen molar-refractivity contribution in [3.63, 3.8) is 0 Å². The van der Waals surface area contributed by atoms with Gasteiger partial charge in [0.25, 0.3) is 20.2 Å². The van der Waals surface area contributed by atoms with Crippen molar-refractivity contribution in [1.82, 2.24) is 0 Å². The smallest absolute Gasteiger partial charge is 0.348 e. The number of carbonyl (C=O) groups excluding carboxylic acids is 1. The summed E-state index contributed by atoms with van der Waals surface area (Å²) >= 11 is 0. The van der Waals surface area contributed by atoms with Gasteiger partial charge in [-0.1, -0.05) is 141 Å². The van der Waals surface area contributed by atoms with E-state index in [0.29, 0.717) is 19.3 Å². The Morgan fingerprint density at radius 3 is 1.15 bits per heavy atom. The summed E-state index contributed by atoms with van der Waals surface area (Å²) in [6.45, 7) is 4.25. The molecule has 0 atom stereocenters. The second kappa shape index (κ2) is 28.8. The number of hydrogen-bond donors (Lipinski definition) is 2. The van der Waals surface area contributed by atoms with E-state index in [2.05, 4.69) is 38.2 Å². The predicted molar refractivity (Wildman–Crippen MR) is 191 cm³/mol. The van der Waals surface area contributed by atoms with E-state index < -0.39 is 36.7 Å². The van der Waals surface area contributed by atoms with Crippen LogP contribution in [0.3, 0.4) is 0 Å². The molecule has 0 rings (SSSR count). The monoisotopic (exact) mass is 692 g/mol. The average molecular weight is 693 g/mol. The number of allylic oxidation sites excluding steroid dienone is 4. The Hall–Kier alpha value is -1.23. The number of unbranched alkanes of at least 4 members (excludes halogenated alkanes) is 22. The Balaban J connectivity index is 4.30. The van der Waals surface area contributed by atoms with Crippen molar-refractivity contribution in [2.45, 2.75) is 191 Å². The van der Waals surface area contributed by atoms with E-state index in [9.17, 15) is 30.7 Å². The fraction of sp³-hybridized carbons (Fsp3) is 0.861. The summed E-state index contributed by atoms with van der Waals surface area (Å²) in [5, 5.41) is 0. The van der Waals surface area contributed by atoms with E-state index in [1.165, 1.54) is 77.0 Å². The topological polar surface area (TPSA) is 135 Å². The van der Waals surface area contributed by atoms with Gasteiger partial charge in [0.15, 0.2) is 0 Å². The molecule has 0 radical (unpaired) electrons. The predicted octanol–water partition coefficient (Wildman–Crippen LogP) is 10.7. The lowest BCUT2D eigenvalue weighted by molar-refractivity contribution is -0.144. The van der Waals surface area contributed by atoms with Crippen molar-refractivity contribution >= 4 is 26.2 Å². The first-order valence-corrected chi connectivity index (χ1v) is 21.3. The molecule has 0 amide bonds. The molecular weight excluding hydrogens is 625 g/mol. The lowest BCUT2D eigenvalue weighted by Crippen LogP contribution is -2.53. The first-order valence-electron chi connectivity index (χ1n) is 18.5. The number of hydrogen-bond acceptors (Lipinski definition) is 6. The van der Waals surface area contributed by atoms with Crippen molar-refractivity contribution in [3.8, 4) is 0 Å². The van der Waals surface area contributed by atoms with Gasteiger partial charge in [-0.25, -0.2) is 4.79 Å². The second-order valence-electron chi connectivity index (χ2n) is 12.8. The molecule has 0 heterocycles. The summed E-state index contributed by atoms with van der Waals surface area (Å²) in [6, 6.07) is 0. The van der Waals surface area contributed by atoms with Gasteiger partial charge >= 0.3 is 10.0 Å². The first kappa shape index (κ1) is 44.8. The highest BCUT2D eigenvalue weighted by atomic mass is 32.3. The molecule has 0 unspecified atom stereocenters. The molecule has 8 nitrogen and oxygen atoms in total. The maximum Gasteiger partial charge on any atom is 0.348 e. The number of esters is 1. The minimum absolute atomic E-state index is 0.0182. The Labute approximate surface area is 283 Å². The van der Waals surface area contributed by atoms with Crippen molar-refractivity contribution in [3.05, 3.63) is 24.3 Å². The molecule has 0 aliphatic heterocycles. The van der Waals surface area contributed by atoms with Crippen molar-refractivity contribution in [1.29, 1.82) is 0 Å². The zero-order valence-corrected chi connectivity index (χ0v) is 30.9. The molecule has 272 valence electrons. The van der Waals surface area contributed by atoms with E-state index in [-0.39, 0.29) is 13.0 Å². The molecule has 0 aliphatic rings. The van der Waals surface area contributed by atoms with Gasteiger partial charge in [-0.15, -0.1) is 0 Å². The van der Waals surface area contributed by atoms with Gasteiger partial charge in [0.1, 0.15) is 0 Å². The highest BCUT2D eigenvalue weighted by molar-refractivity contribution is 8.06. The molecule has 0 fully saturated rings. The summed E-state index contributed by atoms with van der Waals surface area (Å²) in [4.78, 5) is 12.8. The maximum absolute atomic E-state index is 12.8. The van der Waals surface area contributed by atoms with Crippen LogP contribution in [-0.4, -0.2) is 42.6 Å². The van der Waals surface area contributed by atoms with Gasteiger partial charge in [0.2, 0.25) is 0 Å². The van der Waals surface area contributed by atoms with Crippen LogP contribution in [0, 0.1) is 0 Å². The van der Waals surface area contributed by atoms with Crippen LogP contribution in [0.15, 0.2) is 24.3 Å². The van der Waals surface area contributed by atoms with Crippen LogP contribution in [0.25, 0.3) is 0 Å². The molecule has 0 aromatic heterocycles. The molecule has 0 bridgehead atoms. The van der Waals surface area contributed by atoms with Crippen molar-refractivity contribution < 1.29 is 35.5 Å². The number of carbonyl (C=O) groups is 1. The number of rotatable bonds is 33. The standard InChI is InChI=1S/C36H68O8S2/c1-3-5-7-9-11-13-15-17-19-20-22-24-26-28-30-32-34-44-35(37)36(45(38,39)40,46(41,42)43)33-31-29-27-25-23-21-18-16-14-12-10-8-6-4-2/h17-19,21H,3-16,20,22-34H2,1-2H3,(H,38,39,40)(H,41,42,43). The lowest BCUT2D eigenvalue weighted by Gasteiger charge is -2.25. The van der Waals surface area contributed by atoms with Gasteiger partial charge in [-0.3, -0.25) is 9.11 Å². The van der Waals surface area contributed by atoms with E-state index in [1.807, 2.05) is 0 Å². The van der Waals surface area contributed by atoms with Gasteiger partial charge in [0.05, 0.1) is 6.61 Å². The zero-order valence-electron chi connectivity index (χ0n) is 29.3. The summed E-state index contributed by atoms with van der Waals surface area (Å²) < 4.78 is 70.0. The third-order valence-electron chi connectivity index (χ3n) is 8.55. The highest BCUT2D eigenvalue weighted by Crippen LogP contribution is 2.32. The maximum atomic E-state index is 12.8. The van der Waals surface area contributed by atoms with Gasteiger partial charge in [-0.2, -0.15) is 16.8 Å². The van der Waals surface area contributed by atoms with Gasteiger partial charge in [0, 0.05) is 0 Å². The van der Waals surface area contributed by atoms with Crippen LogP contribution in [0.1, 0.15) is 187 Å². The molecule has 0 spiro atoms. The quantitative estimate of drug-likeness (QED) is 0.0300. The van der Waals surface area contributed by atoms with Gasteiger partial charge in [-0.05, 0) is 70.6 Å². The first-order chi connectivity index (χ1) is 22.0. The van der Waals surface area contributed by atoms with E-state index in [0.717, 1.165) is 64.2 Å². The Morgan fingerprint density at radius 1 is 0.500 bits per heavy atom. The van der Waals surface area contributed by atoms with Crippen LogP contribution < -0.4 is 0 Å². The molecule has 0 saturated heterocycles. The summed E-state index contributed by atoms with van der Waals surface area (Å²) in [6.07, 6.45) is 34.9. The van der Waals surface area contributed by atoms with E-state index >= 15 is 0 Å². The average Bonchev–Trinajstić information content (AvgIpc) is 2.99. The Morgan fingerprint density at radius 2 is 0.804 bits per heavy atom. The number of ether oxygens (including phenoxy) is 1. The third kappa shape index (κ3) is 21.6. The molecule has 0 aliphatic carbocycles. The van der Waals surface area contributed by atoms with Crippen LogP contribution >= 0.6 is 0 Å². The lowest BCUT2D eigenvalue weighted by atomic mass is 10.1. The zero-order chi connectivity index (χ0) is 34.4. The van der Waals surface area contributed by atoms with Gasteiger partial charge < -0.3 is 4.74 Å². The normalized spacial score (nSPS) is 12.9. The third-order valence-corrected chi connectivity index (χ3v) is 12.2. The molecule has 2 N–H and O–H groups in total. The van der Waals surface area contributed by atoms with Crippen molar-refractivity contribution in [2.24, 2.45) is 0 Å². The molecular formula is C36H68O8S2. The molecule has 46 heavy (non-hydrogen) atoms. The summed E-state index contributed by atoms with van der Waals surface area (Å²) in [7, 11) is -11.0. The molecule has 0 aromatic carbocycles. The van der Waals surface area contributed by atoms with Crippen LogP contribution in [0.2, 0.25) is 0 Å². The minimum Gasteiger partial charge on any atom is -0.464 e. The second-order valence-corrected chi connectivity index (χ2v) is 16.3. The molecule has 0 saturated carbocycles. The SMILES string of the molecule is CCCCCCCCC=CCCCCCCCCOC(=O)C(CCCCCCC=CCCCCCCCC)(S(=O)(=O)O)S(=O)(=O)O. The molecule has 10 heteroatoms. The summed E-state index contributed by atoms with van der Waals surface area (Å²) in [5.74, 6) is -1.64. The molecule has 0 aromatic rings. The Bertz CT molecular complexity index is 971. The van der Waals surface area contributed by atoms with Crippen LogP contribution in [-0.2, 0) is 29.8 Å². The Kier molecular flexibility index (Phi) is 28.0.